The van der Waals surface area contributed by atoms with E-state index in [2.05, 4.69) is 35.7 Å². The van der Waals surface area contributed by atoms with Gasteiger partial charge in [-0.15, -0.1) is 36.2 Å². The van der Waals surface area contributed by atoms with Crippen molar-refractivity contribution in [2.75, 3.05) is 13.4 Å². The number of terminal acetylenes is 1. The van der Waals surface area contributed by atoms with Crippen LogP contribution in [0.1, 0.15) is 48.6 Å². The Hall–Kier alpha value is -2.85. The van der Waals surface area contributed by atoms with E-state index in [-0.39, 0.29) is 22.6 Å². The number of carbonyl (C=O) groups is 1. The highest BCUT2D eigenvalue weighted by molar-refractivity contribution is 8.01. The third-order valence-electron chi connectivity index (χ3n) is 7.59. The molecule has 0 spiro atoms. The van der Waals surface area contributed by atoms with E-state index in [1.54, 1.807) is 25.1 Å². The number of alkyl halides is 1. The van der Waals surface area contributed by atoms with Crippen LogP contribution in [-0.2, 0) is 20.9 Å². The lowest BCUT2D eigenvalue weighted by Gasteiger charge is -2.36. The summed E-state index contributed by atoms with van der Waals surface area (Å²) in [4.78, 5) is 18.1. The number of methoxy groups -OCH3 is 1. The molecule has 3 unspecified atom stereocenters. The summed E-state index contributed by atoms with van der Waals surface area (Å²) in [5.74, 6) is 4.65. The Bertz CT molecular complexity index is 1460. The predicted octanol–water partition coefficient (Wildman–Crippen LogP) is 7.43. The number of amides is 1. The van der Waals surface area contributed by atoms with Crippen molar-refractivity contribution < 1.29 is 13.7 Å². The highest BCUT2D eigenvalue weighted by Gasteiger charge is 2.41. The lowest BCUT2D eigenvalue weighted by Crippen LogP contribution is -2.45. The predicted molar refractivity (Wildman–Crippen MR) is 170 cm³/mol. The van der Waals surface area contributed by atoms with Gasteiger partial charge in [-0.2, -0.15) is 0 Å². The molecule has 40 heavy (non-hydrogen) atoms. The molecule has 1 aliphatic carbocycles. The molecule has 210 valence electrons. The van der Waals surface area contributed by atoms with Gasteiger partial charge in [-0.25, -0.2) is 0 Å². The third-order valence-corrected chi connectivity index (χ3v) is 10.8. The van der Waals surface area contributed by atoms with Crippen molar-refractivity contribution >= 4 is 44.7 Å². The number of carbonyl (C=O) groups excluding carboxylic acids is 1. The van der Waals surface area contributed by atoms with E-state index in [9.17, 15) is 9.00 Å². The molecule has 1 amide bonds. The smallest absolute Gasteiger partial charge is 0.238 e. The molecule has 1 heterocycles. The van der Waals surface area contributed by atoms with E-state index in [1.165, 1.54) is 6.42 Å². The Morgan fingerprint density at radius 2 is 1.70 bits per heavy atom. The summed E-state index contributed by atoms with van der Waals surface area (Å²) in [6, 6.07) is 22.1. The van der Waals surface area contributed by atoms with E-state index < -0.39 is 9.52 Å². The van der Waals surface area contributed by atoms with Crippen molar-refractivity contribution in [1.29, 1.82) is 0 Å². The molecule has 0 radical (unpaired) electrons. The van der Waals surface area contributed by atoms with E-state index in [1.807, 2.05) is 54.6 Å². The third kappa shape index (κ3) is 6.54. The van der Waals surface area contributed by atoms with E-state index in [0.717, 1.165) is 63.5 Å². The zero-order valence-electron chi connectivity index (χ0n) is 23.1. The Morgan fingerprint density at radius 3 is 2.33 bits per heavy atom. The van der Waals surface area contributed by atoms with Crippen LogP contribution in [0, 0.1) is 12.8 Å². The molecular weight excluding hydrogens is 558 g/mol. The molecule has 1 saturated carbocycles. The summed E-state index contributed by atoms with van der Waals surface area (Å²) >= 11 is 8.47. The van der Waals surface area contributed by atoms with Crippen LogP contribution in [0.5, 0.6) is 5.75 Å². The summed E-state index contributed by atoms with van der Waals surface area (Å²) in [6.45, 7) is 0.470. The number of ether oxygens (including phenoxy) is 1. The van der Waals surface area contributed by atoms with Crippen LogP contribution in [0.25, 0.3) is 11.1 Å². The first-order valence-electron chi connectivity index (χ1n) is 13.4. The fourth-order valence-corrected chi connectivity index (χ4v) is 7.99. The fraction of sp³-hybridized carbons (Fsp3) is 0.333. The second-order valence-corrected chi connectivity index (χ2v) is 14.4. The summed E-state index contributed by atoms with van der Waals surface area (Å²) < 4.78 is 18.1. The van der Waals surface area contributed by atoms with Gasteiger partial charge in [0.1, 0.15) is 11.0 Å². The summed E-state index contributed by atoms with van der Waals surface area (Å²) in [5.41, 5.74) is 4.05. The van der Waals surface area contributed by atoms with Crippen molar-refractivity contribution in [3.05, 3.63) is 77.9 Å². The monoisotopic (exact) mass is 593 g/mol. The molecule has 5 rings (SSSR count). The topological polar surface area (TPSA) is 46.6 Å². The maximum Gasteiger partial charge on any atom is 0.238 e. The molecule has 0 N–H and O–H groups in total. The van der Waals surface area contributed by atoms with Gasteiger partial charge in [0, 0.05) is 34.2 Å². The van der Waals surface area contributed by atoms with Crippen molar-refractivity contribution in [3.63, 3.8) is 0 Å². The zero-order chi connectivity index (χ0) is 28.9. The Kier molecular flexibility index (Phi) is 9.94. The first-order valence-corrected chi connectivity index (χ1v) is 16.8. The highest BCUT2D eigenvalue weighted by Crippen LogP contribution is 2.48. The van der Waals surface area contributed by atoms with Crippen molar-refractivity contribution in [2.45, 2.75) is 65.1 Å². The van der Waals surface area contributed by atoms with Gasteiger partial charge in [-0.05, 0) is 75.3 Å². The number of halogens is 1. The standard InChI is InChI=1S/C31H34ClNO3S2.C2H2/c1-36-27-18-15-22(21-13-16-25(17-14-21)38(2,3)35)19-23(27)20-33(24-9-5-4-6-10-24)31(34)30-29(32)26-11-7-8-12-28(26)37-30;1-2/h7-8,11-19,24,29-30H,2,4-6,9-10,20H2,1,3H3;1-2H. The maximum atomic E-state index is 14.2. The number of thioether (sulfide) groups is 1. The molecule has 3 aromatic carbocycles. The molecule has 3 aromatic rings. The van der Waals surface area contributed by atoms with Gasteiger partial charge in [0.25, 0.3) is 0 Å². The first-order chi connectivity index (χ1) is 19.3. The molecule has 1 aliphatic heterocycles. The molecule has 2 aliphatic rings. The second-order valence-electron chi connectivity index (χ2n) is 10.3. The lowest BCUT2D eigenvalue weighted by atomic mass is 9.93. The van der Waals surface area contributed by atoms with Crippen LogP contribution in [0.15, 0.2) is 76.5 Å². The molecule has 3 atom stereocenters. The van der Waals surface area contributed by atoms with Crippen LogP contribution in [0.4, 0.5) is 0 Å². The number of benzene rings is 3. The number of hydrogen-bond acceptors (Lipinski definition) is 4. The van der Waals surface area contributed by atoms with Crippen LogP contribution in [0.2, 0.25) is 0 Å². The van der Waals surface area contributed by atoms with Crippen molar-refractivity contribution in [2.24, 2.45) is 0 Å². The van der Waals surface area contributed by atoms with Gasteiger partial charge >= 0.3 is 0 Å². The van der Waals surface area contributed by atoms with Crippen molar-refractivity contribution in [3.8, 4) is 29.7 Å². The first kappa shape index (κ1) is 30.1. The van der Waals surface area contributed by atoms with Gasteiger partial charge in [-0.3, -0.25) is 9.00 Å². The Balaban J connectivity index is 0.00000181. The zero-order valence-corrected chi connectivity index (χ0v) is 25.4. The summed E-state index contributed by atoms with van der Waals surface area (Å²) in [5, 5.41) is -0.687. The normalized spacial score (nSPS) is 19.9. The second kappa shape index (κ2) is 13.2. The minimum Gasteiger partial charge on any atom is -0.496 e. The molecule has 7 heteroatoms. The Labute approximate surface area is 248 Å². The molecule has 0 saturated heterocycles. The molecule has 0 bridgehead atoms. The van der Waals surface area contributed by atoms with Gasteiger partial charge in [0.2, 0.25) is 5.91 Å². The van der Waals surface area contributed by atoms with Crippen molar-refractivity contribution in [1.82, 2.24) is 4.90 Å². The molecule has 1 fully saturated rings. The van der Waals surface area contributed by atoms with Crippen LogP contribution >= 0.6 is 23.4 Å². The maximum absolute atomic E-state index is 14.2. The van der Waals surface area contributed by atoms with Crippen LogP contribution < -0.4 is 4.74 Å². The average Bonchev–Trinajstić information content (AvgIpc) is 3.33. The van der Waals surface area contributed by atoms with Gasteiger partial charge in [-0.1, -0.05) is 55.7 Å². The minimum atomic E-state index is -2.27. The number of hydrogen-bond donors (Lipinski definition) is 0. The molecular formula is C33H36ClNO3S2. The average molecular weight is 594 g/mol. The largest absolute Gasteiger partial charge is 0.496 e. The minimum absolute atomic E-state index is 0.100. The van der Waals surface area contributed by atoms with E-state index >= 15 is 0 Å². The SMILES string of the molecule is C#C.C=S(C)(=O)c1ccc(-c2ccc(OC)c(CN(C(=O)C3Sc4ccccc4C3Cl)C3CCCCC3)c2)cc1. The van der Waals surface area contributed by atoms with Gasteiger partial charge in [0.05, 0.1) is 12.5 Å². The van der Waals surface area contributed by atoms with Gasteiger partial charge < -0.3 is 9.64 Å². The van der Waals surface area contributed by atoms with Crippen LogP contribution in [-0.4, -0.2) is 45.5 Å². The fourth-order valence-electron chi connectivity index (χ4n) is 5.49. The summed E-state index contributed by atoms with van der Waals surface area (Å²) in [7, 11) is -0.597. The number of fused-ring (bicyclic) bond motifs is 1. The number of nitrogens with zero attached hydrogens (tertiary/aromatic N) is 1. The van der Waals surface area contributed by atoms with Crippen LogP contribution in [0.3, 0.4) is 0 Å². The Morgan fingerprint density at radius 1 is 1.05 bits per heavy atom. The lowest BCUT2D eigenvalue weighted by molar-refractivity contribution is -0.134. The molecule has 0 aromatic heterocycles. The highest BCUT2D eigenvalue weighted by atomic mass is 35.5. The van der Waals surface area contributed by atoms with E-state index in [4.69, 9.17) is 16.3 Å². The van der Waals surface area contributed by atoms with Gasteiger partial charge in [0.15, 0.2) is 0 Å². The summed E-state index contributed by atoms with van der Waals surface area (Å²) in [6.07, 6.45) is 15.1. The quantitative estimate of drug-likeness (QED) is 0.162. The van der Waals surface area contributed by atoms with E-state index in [0.29, 0.717) is 6.54 Å². The number of rotatable bonds is 7. The molecule has 4 nitrogen and oxygen atoms in total.